The van der Waals surface area contributed by atoms with Crippen LogP contribution >= 0.6 is 34.2 Å². The van der Waals surface area contributed by atoms with E-state index in [-0.39, 0.29) is 6.04 Å². The van der Waals surface area contributed by atoms with Gasteiger partial charge in [0.25, 0.3) is 0 Å². The number of halogens is 2. The van der Waals surface area contributed by atoms with Crippen LogP contribution in [0.2, 0.25) is 5.02 Å². The van der Waals surface area contributed by atoms with E-state index in [1.165, 1.54) is 0 Å². The van der Waals surface area contributed by atoms with Crippen molar-refractivity contribution in [2.75, 3.05) is 7.11 Å². The summed E-state index contributed by atoms with van der Waals surface area (Å²) in [5.74, 6) is 0.699. The quantitative estimate of drug-likeness (QED) is 0.814. The molecule has 1 aromatic heterocycles. The SMILES string of the molecule is CCn1ncc(OC)c1C(N)c1cc(Cl)ccc1I. The standard InChI is InChI=1S/C13H15ClIN3O/c1-3-18-13(11(19-2)7-17-18)12(16)9-6-8(14)4-5-10(9)15/h4-7,12H,3,16H2,1-2H3. The minimum Gasteiger partial charge on any atom is -0.493 e. The Morgan fingerprint density at radius 1 is 1.53 bits per heavy atom. The molecule has 0 radical (unpaired) electrons. The lowest BCUT2D eigenvalue weighted by Crippen LogP contribution is -2.19. The number of nitrogens with two attached hydrogens (primary N) is 1. The summed E-state index contributed by atoms with van der Waals surface area (Å²) in [5, 5.41) is 4.95. The van der Waals surface area contributed by atoms with E-state index in [4.69, 9.17) is 22.1 Å². The van der Waals surface area contributed by atoms with Crippen molar-refractivity contribution >= 4 is 34.2 Å². The molecule has 1 unspecified atom stereocenters. The average Bonchev–Trinajstić information content (AvgIpc) is 2.83. The van der Waals surface area contributed by atoms with Crippen molar-refractivity contribution in [1.29, 1.82) is 0 Å². The van der Waals surface area contributed by atoms with Crippen LogP contribution in [-0.4, -0.2) is 16.9 Å². The van der Waals surface area contributed by atoms with Crippen molar-refractivity contribution in [2.45, 2.75) is 19.5 Å². The number of aromatic nitrogens is 2. The van der Waals surface area contributed by atoms with Crippen LogP contribution in [0.25, 0.3) is 0 Å². The normalized spacial score (nSPS) is 12.5. The first kappa shape index (κ1) is 14.6. The van der Waals surface area contributed by atoms with E-state index in [1.807, 2.05) is 29.8 Å². The predicted octanol–water partition coefficient (Wildman–Crippen LogP) is 3.22. The summed E-state index contributed by atoms with van der Waals surface area (Å²) in [6, 6.07) is 5.38. The number of rotatable bonds is 4. The molecule has 102 valence electrons. The Bertz CT molecular complexity index is 564. The van der Waals surface area contributed by atoms with Crippen molar-refractivity contribution in [3.05, 3.63) is 44.2 Å². The van der Waals surface area contributed by atoms with Gasteiger partial charge < -0.3 is 10.5 Å². The second-order valence-corrected chi connectivity index (χ2v) is 5.66. The fourth-order valence-corrected chi connectivity index (χ4v) is 2.85. The van der Waals surface area contributed by atoms with Crippen LogP contribution in [-0.2, 0) is 6.54 Å². The number of hydrogen-bond acceptors (Lipinski definition) is 3. The minimum atomic E-state index is -0.317. The lowest BCUT2D eigenvalue weighted by Gasteiger charge is -2.17. The van der Waals surface area contributed by atoms with E-state index < -0.39 is 0 Å². The summed E-state index contributed by atoms with van der Waals surface area (Å²) in [6.07, 6.45) is 1.69. The van der Waals surface area contributed by atoms with Crippen LogP contribution in [0.15, 0.2) is 24.4 Å². The van der Waals surface area contributed by atoms with Gasteiger partial charge in [-0.3, -0.25) is 4.68 Å². The molecule has 1 aromatic carbocycles. The minimum absolute atomic E-state index is 0.317. The second kappa shape index (κ2) is 6.11. The van der Waals surface area contributed by atoms with E-state index in [0.717, 1.165) is 21.4 Å². The van der Waals surface area contributed by atoms with Gasteiger partial charge in [-0.2, -0.15) is 5.10 Å². The number of benzene rings is 1. The van der Waals surface area contributed by atoms with Gasteiger partial charge >= 0.3 is 0 Å². The van der Waals surface area contributed by atoms with Gasteiger partial charge in [0.15, 0.2) is 5.75 Å². The van der Waals surface area contributed by atoms with Gasteiger partial charge in [-0.05, 0) is 53.3 Å². The molecular formula is C13H15ClIN3O. The molecule has 2 rings (SSSR count). The summed E-state index contributed by atoms with van der Waals surface area (Å²) >= 11 is 8.31. The highest BCUT2D eigenvalue weighted by Gasteiger charge is 2.21. The first-order valence-electron chi connectivity index (χ1n) is 5.88. The van der Waals surface area contributed by atoms with Gasteiger partial charge in [0.2, 0.25) is 0 Å². The Morgan fingerprint density at radius 3 is 2.89 bits per heavy atom. The van der Waals surface area contributed by atoms with Crippen LogP contribution in [0, 0.1) is 3.57 Å². The van der Waals surface area contributed by atoms with Gasteiger partial charge in [0, 0.05) is 15.1 Å². The molecule has 19 heavy (non-hydrogen) atoms. The van der Waals surface area contributed by atoms with Crippen LogP contribution in [0.3, 0.4) is 0 Å². The number of ether oxygens (including phenoxy) is 1. The lowest BCUT2D eigenvalue weighted by molar-refractivity contribution is 0.404. The molecule has 0 fully saturated rings. The van der Waals surface area contributed by atoms with Gasteiger partial charge in [-0.1, -0.05) is 11.6 Å². The number of hydrogen-bond donors (Lipinski definition) is 1. The highest BCUT2D eigenvalue weighted by atomic mass is 127. The van der Waals surface area contributed by atoms with E-state index in [2.05, 4.69) is 27.7 Å². The number of methoxy groups -OCH3 is 1. The largest absolute Gasteiger partial charge is 0.493 e. The molecule has 0 aliphatic carbocycles. The summed E-state index contributed by atoms with van der Waals surface area (Å²) in [5.41, 5.74) is 8.22. The third-order valence-electron chi connectivity index (χ3n) is 2.95. The van der Waals surface area contributed by atoms with E-state index in [0.29, 0.717) is 10.8 Å². The monoisotopic (exact) mass is 391 g/mol. The van der Waals surface area contributed by atoms with Crippen LogP contribution < -0.4 is 10.5 Å². The van der Waals surface area contributed by atoms with E-state index in [9.17, 15) is 0 Å². The maximum Gasteiger partial charge on any atom is 0.161 e. The van der Waals surface area contributed by atoms with Gasteiger partial charge in [0.05, 0.1) is 19.3 Å². The zero-order valence-electron chi connectivity index (χ0n) is 10.7. The highest BCUT2D eigenvalue weighted by Crippen LogP contribution is 2.31. The first-order chi connectivity index (χ1) is 9.08. The fourth-order valence-electron chi connectivity index (χ4n) is 2.00. The summed E-state index contributed by atoms with van der Waals surface area (Å²) in [6.45, 7) is 2.76. The first-order valence-corrected chi connectivity index (χ1v) is 7.34. The average molecular weight is 392 g/mol. The van der Waals surface area contributed by atoms with Crippen molar-refractivity contribution < 1.29 is 4.74 Å². The zero-order chi connectivity index (χ0) is 14.0. The zero-order valence-corrected chi connectivity index (χ0v) is 13.6. The predicted molar refractivity (Wildman–Crippen MR) is 84.7 cm³/mol. The Kier molecular flexibility index (Phi) is 4.70. The summed E-state index contributed by atoms with van der Waals surface area (Å²) in [4.78, 5) is 0. The van der Waals surface area contributed by atoms with Crippen LogP contribution in [0.5, 0.6) is 5.75 Å². The van der Waals surface area contributed by atoms with E-state index in [1.54, 1.807) is 13.3 Å². The second-order valence-electron chi connectivity index (χ2n) is 4.06. The third kappa shape index (κ3) is 2.88. The highest BCUT2D eigenvalue weighted by molar-refractivity contribution is 14.1. The molecule has 0 saturated heterocycles. The van der Waals surface area contributed by atoms with Crippen molar-refractivity contribution in [1.82, 2.24) is 9.78 Å². The number of aryl methyl sites for hydroxylation is 1. The Morgan fingerprint density at radius 2 is 2.26 bits per heavy atom. The molecule has 0 saturated carbocycles. The molecule has 0 aliphatic rings. The van der Waals surface area contributed by atoms with Crippen molar-refractivity contribution in [3.8, 4) is 5.75 Å². The van der Waals surface area contributed by atoms with E-state index >= 15 is 0 Å². The van der Waals surface area contributed by atoms with Crippen LogP contribution in [0.4, 0.5) is 0 Å². The molecule has 2 aromatic rings. The molecule has 0 bridgehead atoms. The molecular weight excluding hydrogens is 377 g/mol. The number of nitrogens with zero attached hydrogens (tertiary/aromatic N) is 2. The molecule has 0 spiro atoms. The molecule has 4 nitrogen and oxygen atoms in total. The van der Waals surface area contributed by atoms with Crippen LogP contribution in [0.1, 0.15) is 24.2 Å². The molecule has 1 heterocycles. The Hall–Kier alpha value is -0.790. The maximum atomic E-state index is 6.38. The van der Waals surface area contributed by atoms with Crippen molar-refractivity contribution in [2.24, 2.45) is 5.73 Å². The van der Waals surface area contributed by atoms with Gasteiger partial charge in [-0.15, -0.1) is 0 Å². The smallest absolute Gasteiger partial charge is 0.161 e. The topological polar surface area (TPSA) is 53.1 Å². The Balaban J connectivity index is 2.51. The molecule has 1 atom stereocenters. The molecule has 0 aliphatic heterocycles. The molecule has 6 heteroatoms. The summed E-state index contributed by atoms with van der Waals surface area (Å²) < 4.78 is 8.26. The Labute approximate surface area is 131 Å². The third-order valence-corrected chi connectivity index (χ3v) is 4.17. The van der Waals surface area contributed by atoms with Gasteiger partial charge in [0.1, 0.15) is 5.69 Å². The van der Waals surface area contributed by atoms with Gasteiger partial charge in [-0.25, -0.2) is 0 Å². The maximum absolute atomic E-state index is 6.38. The fraction of sp³-hybridized carbons (Fsp3) is 0.308. The molecule has 0 amide bonds. The lowest BCUT2D eigenvalue weighted by atomic mass is 10.0. The summed E-state index contributed by atoms with van der Waals surface area (Å²) in [7, 11) is 1.62. The van der Waals surface area contributed by atoms with Crippen molar-refractivity contribution in [3.63, 3.8) is 0 Å². The molecule has 2 N–H and O–H groups in total.